The summed E-state index contributed by atoms with van der Waals surface area (Å²) >= 11 is 6.08. The Kier molecular flexibility index (Phi) is 7.77. The highest BCUT2D eigenvalue weighted by molar-refractivity contribution is 7.93. The lowest BCUT2D eigenvalue weighted by Gasteiger charge is -2.14. The van der Waals surface area contributed by atoms with Crippen molar-refractivity contribution >= 4 is 54.6 Å². The van der Waals surface area contributed by atoms with Gasteiger partial charge in [-0.2, -0.15) is 0 Å². The summed E-state index contributed by atoms with van der Waals surface area (Å²) in [6.45, 7) is 3.56. The molecule has 0 atom stereocenters. The Morgan fingerprint density at radius 3 is 1.82 bits per heavy atom. The number of carbonyl (C=O) groups excluding carboxylic acids is 1. The van der Waals surface area contributed by atoms with Gasteiger partial charge in [0.2, 0.25) is 0 Å². The lowest BCUT2D eigenvalue weighted by atomic mass is 10.1. The lowest BCUT2D eigenvalue weighted by molar-refractivity contribution is 0.102. The van der Waals surface area contributed by atoms with Crippen molar-refractivity contribution in [3.63, 3.8) is 0 Å². The zero-order chi connectivity index (χ0) is 27.5. The van der Waals surface area contributed by atoms with E-state index in [1.807, 2.05) is 6.92 Å². The van der Waals surface area contributed by atoms with E-state index >= 15 is 0 Å². The molecule has 0 bridgehead atoms. The van der Waals surface area contributed by atoms with Gasteiger partial charge in [0.1, 0.15) is 0 Å². The summed E-state index contributed by atoms with van der Waals surface area (Å²) in [5, 5.41) is 3.11. The summed E-state index contributed by atoms with van der Waals surface area (Å²) in [6, 6.07) is 23.0. The number of carbonyl (C=O) groups is 1. The fourth-order valence-electron chi connectivity index (χ4n) is 3.53. The average Bonchev–Trinajstić information content (AvgIpc) is 2.87. The van der Waals surface area contributed by atoms with Crippen LogP contribution in [0.5, 0.6) is 0 Å². The number of amides is 1. The minimum Gasteiger partial charge on any atom is -0.322 e. The van der Waals surface area contributed by atoms with Crippen LogP contribution in [0.1, 0.15) is 21.5 Å². The van der Waals surface area contributed by atoms with E-state index in [1.54, 1.807) is 49.4 Å². The number of sulfonamides is 2. The minimum absolute atomic E-state index is 0.0128. The van der Waals surface area contributed by atoms with Gasteiger partial charge in [0.15, 0.2) is 0 Å². The molecule has 11 heteroatoms. The van der Waals surface area contributed by atoms with Crippen molar-refractivity contribution in [2.45, 2.75) is 23.6 Å². The van der Waals surface area contributed by atoms with Crippen molar-refractivity contribution in [3.8, 4) is 0 Å². The van der Waals surface area contributed by atoms with E-state index in [-0.39, 0.29) is 21.0 Å². The predicted octanol–water partition coefficient (Wildman–Crippen LogP) is 5.81. The standard InChI is InChI=1S/C27H24ClN3O5S2/c1-18-10-14-21(15-11-18)38(35,36)31-26-8-4-3-6-23(26)27(32)29-20-12-16-22(17-13-20)37(33,34)30-25-9-5-7-24(28)19(25)2/h3-17,30-31H,1-2H3,(H,29,32). The Labute approximate surface area is 226 Å². The van der Waals surface area contributed by atoms with Crippen molar-refractivity contribution in [3.05, 3.63) is 113 Å². The number of anilines is 3. The van der Waals surface area contributed by atoms with Crippen LogP contribution in [-0.2, 0) is 20.0 Å². The summed E-state index contributed by atoms with van der Waals surface area (Å²) < 4.78 is 56.3. The number of hydrogen-bond donors (Lipinski definition) is 3. The molecule has 0 aliphatic rings. The first-order valence-electron chi connectivity index (χ1n) is 11.3. The van der Waals surface area contributed by atoms with Crippen LogP contribution in [0.4, 0.5) is 17.1 Å². The highest BCUT2D eigenvalue weighted by Gasteiger charge is 2.20. The second-order valence-electron chi connectivity index (χ2n) is 8.46. The second-order valence-corrected chi connectivity index (χ2v) is 12.2. The molecular weight excluding hydrogens is 546 g/mol. The molecule has 0 aliphatic carbocycles. The molecule has 0 fully saturated rings. The van der Waals surface area contributed by atoms with E-state index in [1.165, 1.54) is 48.5 Å². The third-order valence-electron chi connectivity index (χ3n) is 5.68. The van der Waals surface area contributed by atoms with Gasteiger partial charge >= 0.3 is 0 Å². The Balaban J connectivity index is 1.50. The van der Waals surface area contributed by atoms with Gasteiger partial charge in [-0.15, -0.1) is 0 Å². The minimum atomic E-state index is -3.92. The summed E-state index contributed by atoms with van der Waals surface area (Å²) in [5.41, 5.74) is 2.39. The van der Waals surface area contributed by atoms with Crippen LogP contribution in [0.3, 0.4) is 0 Å². The van der Waals surface area contributed by atoms with Crippen LogP contribution in [-0.4, -0.2) is 22.7 Å². The molecule has 0 saturated carbocycles. The molecular formula is C27H24ClN3O5S2. The number of halogens is 1. The maximum absolute atomic E-state index is 13.0. The SMILES string of the molecule is Cc1ccc(S(=O)(=O)Nc2ccccc2C(=O)Nc2ccc(S(=O)(=O)Nc3cccc(Cl)c3C)cc2)cc1. The van der Waals surface area contributed by atoms with Gasteiger partial charge in [-0.05, 0) is 80.1 Å². The molecule has 0 heterocycles. The van der Waals surface area contributed by atoms with Crippen LogP contribution in [0.15, 0.2) is 101 Å². The molecule has 4 aromatic carbocycles. The van der Waals surface area contributed by atoms with Crippen molar-refractivity contribution in [2.75, 3.05) is 14.8 Å². The smallest absolute Gasteiger partial charge is 0.261 e. The molecule has 0 radical (unpaired) electrons. The third-order valence-corrected chi connectivity index (χ3v) is 8.85. The number of para-hydroxylation sites is 1. The molecule has 0 saturated heterocycles. The number of hydrogen-bond acceptors (Lipinski definition) is 5. The highest BCUT2D eigenvalue weighted by atomic mass is 35.5. The Morgan fingerprint density at radius 2 is 1.18 bits per heavy atom. The molecule has 0 spiro atoms. The van der Waals surface area contributed by atoms with Crippen LogP contribution in [0.25, 0.3) is 0 Å². The van der Waals surface area contributed by atoms with Crippen LogP contribution >= 0.6 is 11.6 Å². The van der Waals surface area contributed by atoms with Crippen molar-refractivity contribution < 1.29 is 21.6 Å². The van der Waals surface area contributed by atoms with Gasteiger partial charge in [-0.1, -0.05) is 47.5 Å². The molecule has 3 N–H and O–H groups in total. The monoisotopic (exact) mass is 569 g/mol. The van der Waals surface area contributed by atoms with Gasteiger partial charge in [0.05, 0.1) is 26.7 Å². The quantitative estimate of drug-likeness (QED) is 0.247. The first-order valence-corrected chi connectivity index (χ1v) is 14.7. The van der Waals surface area contributed by atoms with E-state index in [2.05, 4.69) is 14.8 Å². The van der Waals surface area contributed by atoms with E-state index in [4.69, 9.17) is 11.6 Å². The number of nitrogens with one attached hydrogen (secondary N) is 3. The summed E-state index contributed by atoms with van der Waals surface area (Å²) in [4.78, 5) is 13.1. The fourth-order valence-corrected chi connectivity index (χ4v) is 5.91. The van der Waals surface area contributed by atoms with Gasteiger partial charge in [0, 0.05) is 10.7 Å². The van der Waals surface area contributed by atoms with Crippen LogP contribution in [0.2, 0.25) is 5.02 Å². The van der Waals surface area contributed by atoms with Gasteiger partial charge in [-0.3, -0.25) is 14.2 Å². The summed E-state index contributed by atoms with van der Waals surface area (Å²) in [6.07, 6.45) is 0. The number of rotatable bonds is 8. The molecule has 4 aromatic rings. The maximum atomic E-state index is 13.0. The third kappa shape index (κ3) is 6.16. The molecule has 0 aliphatic heterocycles. The van der Waals surface area contributed by atoms with E-state index in [9.17, 15) is 21.6 Å². The number of benzene rings is 4. The van der Waals surface area contributed by atoms with Gasteiger partial charge in [0.25, 0.3) is 26.0 Å². The van der Waals surface area contributed by atoms with Crippen molar-refractivity contribution in [1.29, 1.82) is 0 Å². The predicted molar refractivity (Wildman–Crippen MR) is 150 cm³/mol. The van der Waals surface area contributed by atoms with Gasteiger partial charge < -0.3 is 5.32 Å². The topological polar surface area (TPSA) is 121 Å². The normalized spacial score (nSPS) is 11.6. The lowest BCUT2D eigenvalue weighted by Crippen LogP contribution is -2.18. The summed E-state index contributed by atoms with van der Waals surface area (Å²) in [7, 11) is -7.83. The van der Waals surface area contributed by atoms with Crippen molar-refractivity contribution in [2.24, 2.45) is 0 Å². The van der Waals surface area contributed by atoms with Crippen LogP contribution in [0, 0.1) is 13.8 Å². The first kappa shape index (κ1) is 27.2. The molecule has 1 amide bonds. The zero-order valence-corrected chi connectivity index (χ0v) is 22.8. The highest BCUT2D eigenvalue weighted by Crippen LogP contribution is 2.26. The zero-order valence-electron chi connectivity index (χ0n) is 20.4. The molecule has 38 heavy (non-hydrogen) atoms. The maximum Gasteiger partial charge on any atom is 0.261 e. The molecule has 0 unspecified atom stereocenters. The molecule has 0 aromatic heterocycles. The Hall–Kier alpha value is -3.86. The average molecular weight is 570 g/mol. The first-order chi connectivity index (χ1) is 18.0. The van der Waals surface area contributed by atoms with Gasteiger partial charge in [-0.25, -0.2) is 16.8 Å². The molecule has 8 nitrogen and oxygen atoms in total. The largest absolute Gasteiger partial charge is 0.322 e. The second kappa shape index (κ2) is 10.9. The Morgan fingerprint density at radius 1 is 0.658 bits per heavy atom. The van der Waals surface area contributed by atoms with Crippen molar-refractivity contribution in [1.82, 2.24) is 0 Å². The van der Waals surface area contributed by atoms with E-state index in [0.29, 0.717) is 22.0 Å². The molecule has 196 valence electrons. The van der Waals surface area contributed by atoms with Crippen LogP contribution < -0.4 is 14.8 Å². The Bertz CT molecular complexity index is 1700. The number of aryl methyl sites for hydroxylation is 1. The summed E-state index contributed by atoms with van der Waals surface area (Å²) in [5.74, 6) is -0.574. The van der Waals surface area contributed by atoms with E-state index < -0.39 is 26.0 Å². The van der Waals surface area contributed by atoms with E-state index in [0.717, 1.165) is 5.56 Å². The molecule has 4 rings (SSSR count). The fraction of sp³-hybridized carbons (Fsp3) is 0.0741.